The van der Waals surface area contributed by atoms with Crippen LogP contribution in [0.3, 0.4) is 0 Å². The first kappa shape index (κ1) is 16.3. The molecule has 3 aromatic rings. The maximum Gasteiger partial charge on any atom is 0.349 e. The number of rotatable bonds is 5. The number of ether oxygens (including phenoxy) is 2. The first-order chi connectivity index (χ1) is 11.5. The lowest BCUT2D eigenvalue weighted by molar-refractivity contribution is 0.0700. The highest BCUT2D eigenvalue weighted by Crippen LogP contribution is 2.43. The summed E-state index contributed by atoms with van der Waals surface area (Å²) < 4.78 is 12.2. The van der Waals surface area contributed by atoms with Gasteiger partial charge >= 0.3 is 5.97 Å². The third-order valence-electron chi connectivity index (χ3n) is 3.88. The standard InChI is InChI=1S/C19H18O4S/c1-4-12-6-5-7-13(9-12)23-17-14-10-15(22-3)11(2)8-16(14)24-18(17)19(20)21/h5-10H,4H2,1-3H3,(H,20,21). The molecule has 0 aliphatic carbocycles. The topological polar surface area (TPSA) is 55.8 Å². The van der Waals surface area contributed by atoms with Crippen LogP contribution >= 0.6 is 11.3 Å². The molecule has 0 unspecified atom stereocenters. The van der Waals surface area contributed by atoms with Gasteiger partial charge in [-0.15, -0.1) is 11.3 Å². The van der Waals surface area contributed by atoms with Crippen molar-refractivity contribution in [1.82, 2.24) is 0 Å². The monoisotopic (exact) mass is 342 g/mol. The van der Waals surface area contributed by atoms with E-state index >= 15 is 0 Å². The third kappa shape index (κ3) is 2.95. The molecular formula is C19H18O4S. The molecule has 124 valence electrons. The van der Waals surface area contributed by atoms with Crippen LogP contribution in [0.25, 0.3) is 10.1 Å². The lowest BCUT2D eigenvalue weighted by Gasteiger charge is -2.09. The van der Waals surface area contributed by atoms with E-state index in [-0.39, 0.29) is 4.88 Å². The molecule has 0 aliphatic rings. The van der Waals surface area contributed by atoms with Crippen molar-refractivity contribution in [2.75, 3.05) is 7.11 Å². The van der Waals surface area contributed by atoms with Crippen molar-refractivity contribution < 1.29 is 19.4 Å². The molecule has 1 heterocycles. The molecular weight excluding hydrogens is 324 g/mol. The molecule has 4 nitrogen and oxygen atoms in total. The van der Waals surface area contributed by atoms with E-state index in [0.29, 0.717) is 17.2 Å². The maximum atomic E-state index is 11.6. The number of carboxylic acid groups (broad SMARTS) is 1. The molecule has 0 saturated heterocycles. The molecule has 5 heteroatoms. The number of benzene rings is 2. The Morgan fingerprint density at radius 1 is 1.25 bits per heavy atom. The van der Waals surface area contributed by atoms with Gasteiger partial charge in [-0.2, -0.15) is 0 Å². The molecule has 0 spiro atoms. The van der Waals surface area contributed by atoms with Crippen LogP contribution in [0.5, 0.6) is 17.2 Å². The van der Waals surface area contributed by atoms with Gasteiger partial charge in [-0.3, -0.25) is 0 Å². The summed E-state index contributed by atoms with van der Waals surface area (Å²) >= 11 is 1.21. The largest absolute Gasteiger partial charge is 0.496 e. The van der Waals surface area contributed by atoms with E-state index in [1.807, 2.05) is 43.3 Å². The molecule has 0 radical (unpaired) electrons. The molecule has 1 aromatic heterocycles. The fraction of sp³-hybridized carbons (Fsp3) is 0.211. The lowest BCUT2D eigenvalue weighted by Crippen LogP contribution is -1.96. The summed E-state index contributed by atoms with van der Waals surface area (Å²) in [6.45, 7) is 4.00. The maximum absolute atomic E-state index is 11.6. The number of carboxylic acids is 1. The fourth-order valence-corrected chi connectivity index (χ4v) is 3.66. The number of methoxy groups -OCH3 is 1. The summed E-state index contributed by atoms with van der Waals surface area (Å²) in [4.78, 5) is 11.8. The van der Waals surface area contributed by atoms with E-state index in [0.717, 1.165) is 27.6 Å². The number of carbonyl (C=O) groups is 1. The summed E-state index contributed by atoms with van der Waals surface area (Å²) in [6.07, 6.45) is 0.889. The summed E-state index contributed by atoms with van der Waals surface area (Å²) in [7, 11) is 1.60. The van der Waals surface area contributed by atoms with Gasteiger partial charge in [-0.25, -0.2) is 4.79 Å². The molecule has 0 aliphatic heterocycles. The van der Waals surface area contributed by atoms with Gasteiger partial charge in [-0.05, 0) is 48.7 Å². The summed E-state index contributed by atoms with van der Waals surface area (Å²) in [5, 5.41) is 10.3. The molecule has 2 aromatic carbocycles. The Labute approximate surface area is 144 Å². The Hall–Kier alpha value is -2.53. The predicted molar refractivity (Wildman–Crippen MR) is 96.0 cm³/mol. The van der Waals surface area contributed by atoms with Crippen LogP contribution in [0.15, 0.2) is 36.4 Å². The Bertz CT molecular complexity index is 911. The Morgan fingerprint density at radius 2 is 2.04 bits per heavy atom. The molecule has 0 atom stereocenters. The van der Waals surface area contributed by atoms with E-state index in [1.54, 1.807) is 7.11 Å². The van der Waals surface area contributed by atoms with Crippen LogP contribution in [-0.2, 0) is 6.42 Å². The highest BCUT2D eigenvalue weighted by atomic mass is 32.1. The van der Waals surface area contributed by atoms with Gasteiger partial charge in [0.25, 0.3) is 0 Å². The average molecular weight is 342 g/mol. The van der Waals surface area contributed by atoms with E-state index in [1.165, 1.54) is 11.3 Å². The third-order valence-corrected chi connectivity index (χ3v) is 5.00. The van der Waals surface area contributed by atoms with Crippen molar-refractivity contribution in [2.24, 2.45) is 0 Å². The molecule has 0 bridgehead atoms. The summed E-state index contributed by atoms with van der Waals surface area (Å²) in [5.41, 5.74) is 2.10. The quantitative estimate of drug-likeness (QED) is 0.686. The van der Waals surface area contributed by atoms with Crippen molar-refractivity contribution in [2.45, 2.75) is 20.3 Å². The molecule has 0 amide bonds. The number of thiophene rings is 1. The molecule has 24 heavy (non-hydrogen) atoms. The first-order valence-electron chi connectivity index (χ1n) is 7.64. The zero-order valence-corrected chi connectivity index (χ0v) is 14.6. The van der Waals surface area contributed by atoms with Gasteiger partial charge in [0.05, 0.1) is 7.11 Å². The SMILES string of the molecule is CCc1cccc(Oc2c(C(=O)O)sc3cc(C)c(OC)cc23)c1. The van der Waals surface area contributed by atoms with Crippen molar-refractivity contribution in [3.63, 3.8) is 0 Å². The molecule has 1 N–H and O–H groups in total. The fourth-order valence-electron chi connectivity index (χ4n) is 2.61. The van der Waals surface area contributed by atoms with Crippen LogP contribution in [-0.4, -0.2) is 18.2 Å². The summed E-state index contributed by atoms with van der Waals surface area (Å²) in [6, 6.07) is 11.5. The highest BCUT2D eigenvalue weighted by Gasteiger charge is 2.21. The Morgan fingerprint density at radius 3 is 2.71 bits per heavy atom. The smallest absolute Gasteiger partial charge is 0.349 e. The van der Waals surface area contributed by atoms with Crippen molar-refractivity contribution in [1.29, 1.82) is 0 Å². The normalized spacial score (nSPS) is 10.8. The van der Waals surface area contributed by atoms with Gasteiger partial charge in [0.1, 0.15) is 11.5 Å². The van der Waals surface area contributed by atoms with E-state index in [4.69, 9.17) is 9.47 Å². The van der Waals surface area contributed by atoms with Crippen molar-refractivity contribution in [3.8, 4) is 17.2 Å². The molecule has 0 saturated carbocycles. The van der Waals surface area contributed by atoms with Crippen molar-refractivity contribution >= 4 is 27.4 Å². The second-order valence-corrected chi connectivity index (χ2v) is 6.54. The van der Waals surface area contributed by atoms with Crippen LogP contribution in [0.4, 0.5) is 0 Å². The Kier molecular flexibility index (Phi) is 4.44. The van der Waals surface area contributed by atoms with Gasteiger partial charge in [0.2, 0.25) is 0 Å². The highest BCUT2D eigenvalue weighted by molar-refractivity contribution is 7.21. The van der Waals surface area contributed by atoms with Gasteiger partial charge < -0.3 is 14.6 Å². The minimum atomic E-state index is -0.991. The summed E-state index contributed by atoms with van der Waals surface area (Å²) in [5.74, 6) is 0.726. The number of hydrogen-bond acceptors (Lipinski definition) is 4. The number of aryl methyl sites for hydroxylation is 2. The molecule has 3 rings (SSSR count). The lowest BCUT2D eigenvalue weighted by atomic mass is 10.1. The Balaban J connectivity index is 2.16. The predicted octanol–water partition coefficient (Wildman–Crippen LogP) is 5.27. The number of hydrogen-bond donors (Lipinski definition) is 1. The average Bonchev–Trinajstić information content (AvgIpc) is 2.92. The number of aromatic carboxylic acids is 1. The van der Waals surface area contributed by atoms with Crippen LogP contribution in [0.2, 0.25) is 0 Å². The van der Waals surface area contributed by atoms with E-state index in [9.17, 15) is 9.90 Å². The second kappa shape index (κ2) is 6.53. The zero-order chi connectivity index (χ0) is 17.3. The zero-order valence-electron chi connectivity index (χ0n) is 13.8. The molecule has 0 fully saturated rings. The minimum absolute atomic E-state index is 0.194. The van der Waals surface area contributed by atoms with Gasteiger partial charge in [0.15, 0.2) is 10.6 Å². The van der Waals surface area contributed by atoms with Crippen molar-refractivity contribution in [3.05, 3.63) is 52.4 Å². The van der Waals surface area contributed by atoms with Crippen LogP contribution in [0, 0.1) is 6.92 Å². The van der Waals surface area contributed by atoms with E-state index in [2.05, 4.69) is 6.92 Å². The van der Waals surface area contributed by atoms with Crippen LogP contribution < -0.4 is 9.47 Å². The first-order valence-corrected chi connectivity index (χ1v) is 8.46. The van der Waals surface area contributed by atoms with Gasteiger partial charge in [0, 0.05) is 10.1 Å². The van der Waals surface area contributed by atoms with Gasteiger partial charge in [-0.1, -0.05) is 19.1 Å². The van der Waals surface area contributed by atoms with Crippen LogP contribution in [0.1, 0.15) is 27.7 Å². The second-order valence-electron chi connectivity index (χ2n) is 5.49. The minimum Gasteiger partial charge on any atom is -0.496 e. The number of fused-ring (bicyclic) bond motifs is 1. The van der Waals surface area contributed by atoms with E-state index < -0.39 is 5.97 Å².